The second-order valence-electron chi connectivity index (χ2n) is 8.36. The van der Waals surface area contributed by atoms with E-state index in [9.17, 15) is 0 Å². The summed E-state index contributed by atoms with van der Waals surface area (Å²) in [4.78, 5) is 0. The summed E-state index contributed by atoms with van der Waals surface area (Å²) < 4.78 is 6.83. The van der Waals surface area contributed by atoms with Crippen molar-refractivity contribution in [1.29, 1.82) is 0 Å². The first-order valence-corrected chi connectivity index (χ1v) is 10.0. The summed E-state index contributed by atoms with van der Waals surface area (Å²) in [7, 11) is -1.82. The molecule has 1 nitrogen and oxygen atoms in total. The van der Waals surface area contributed by atoms with Crippen LogP contribution >= 0.6 is 0 Å². The predicted molar refractivity (Wildman–Crippen MR) is 85.6 cm³/mol. The molecule has 2 aliphatic rings. The minimum atomic E-state index is -1.82. The zero-order valence-electron chi connectivity index (χ0n) is 13.9. The summed E-state index contributed by atoms with van der Waals surface area (Å²) in [5.41, 5.74) is 1.71. The molecular weight excluding hydrogens is 248 g/mol. The highest BCUT2D eigenvalue weighted by Crippen LogP contribution is 2.57. The van der Waals surface area contributed by atoms with Gasteiger partial charge in [-0.05, 0) is 35.3 Å². The molecule has 0 aromatic rings. The van der Waals surface area contributed by atoms with Gasteiger partial charge in [0.25, 0.3) is 0 Å². The molecule has 1 saturated carbocycles. The molecule has 1 saturated heterocycles. The third-order valence-corrected chi connectivity index (χ3v) is 11.1. The molecule has 0 unspecified atom stereocenters. The Hall–Kier alpha value is -0.0831. The summed E-state index contributed by atoms with van der Waals surface area (Å²) >= 11 is 0. The van der Waals surface area contributed by atoms with Crippen LogP contribution < -0.4 is 0 Å². The average Bonchev–Trinajstić information content (AvgIpc) is 2.50. The second-order valence-corrected chi connectivity index (χ2v) is 13.1. The summed E-state index contributed by atoms with van der Waals surface area (Å²) in [6.45, 7) is 21.2. The maximum atomic E-state index is 6.83. The largest absolute Gasteiger partial charge is 0.409 e. The smallest absolute Gasteiger partial charge is 0.225 e. The standard InChI is InChI=1S/C17H32OSi/c1-11(2)19(12(3)4)14(6)16-13(5)9-17(7,8)10-15(16)18-19/h11-13,15-16H,6,9-10H2,1-5,7-8H3/t13-,15+,16+/m0/s1. The topological polar surface area (TPSA) is 9.23 Å². The van der Waals surface area contributed by atoms with E-state index in [0.717, 1.165) is 5.92 Å². The summed E-state index contributed by atoms with van der Waals surface area (Å²) in [6, 6.07) is 0. The molecule has 0 aromatic heterocycles. The minimum Gasteiger partial charge on any atom is -0.409 e. The maximum Gasteiger partial charge on any atom is 0.225 e. The van der Waals surface area contributed by atoms with Gasteiger partial charge in [-0.3, -0.25) is 0 Å². The first-order valence-electron chi connectivity index (χ1n) is 7.99. The van der Waals surface area contributed by atoms with E-state index >= 15 is 0 Å². The highest BCUT2D eigenvalue weighted by atomic mass is 28.4. The fraction of sp³-hybridized carbons (Fsp3) is 0.882. The summed E-state index contributed by atoms with van der Waals surface area (Å²) in [5.74, 6) is 1.36. The van der Waals surface area contributed by atoms with Gasteiger partial charge in [0.15, 0.2) is 0 Å². The highest BCUT2D eigenvalue weighted by Gasteiger charge is 2.59. The van der Waals surface area contributed by atoms with Crippen LogP contribution in [-0.4, -0.2) is 14.4 Å². The lowest BCUT2D eigenvalue weighted by molar-refractivity contribution is 0.0326. The van der Waals surface area contributed by atoms with Crippen LogP contribution in [0.5, 0.6) is 0 Å². The maximum absolute atomic E-state index is 6.83. The van der Waals surface area contributed by atoms with Crippen molar-refractivity contribution in [3.63, 3.8) is 0 Å². The number of rotatable bonds is 2. The molecular formula is C17H32OSi. The van der Waals surface area contributed by atoms with E-state index < -0.39 is 8.32 Å². The normalized spacial score (nSPS) is 36.9. The van der Waals surface area contributed by atoms with Crippen molar-refractivity contribution in [3.8, 4) is 0 Å². The van der Waals surface area contributed by atoms with Crippen LogP contribution in [-0.2, 0) is 4.43 Å². The van der Waals surface area contributed by atoms with Gasteiger partial charge in [-0.25, -0.2) is 0 Å². The fourth-order valence-corrected chi connectivity index (χ4v) is 10.3. The predicted octanol–water partition coefficient (Wildman–Crippen LogP) is 5.32. The lowest BCUT2D eigenvalue weighted by Crippen LogP contribution is -2.43. The van der Waals surface area contributed by atoms with E-state index in [1.54, 1.807) is 0 Å². The molecule has 2 heteroatoms. The number of hydrogen-bond donors (Lipinski definition) is 0. The van der Waals surface area contributed by atoms with Crippen LogP contribution in [0.25, 0.3) is 0 Å². The Kier molecular flexibility index (Phi) is 3.81. The Labute approximate surface area is 120 Å². The molecule has 1 heterocycles. The molecule has 0 N–H and O–H groups in total. The van der Waals surface area contributed by atoms with E-state index in [0.29, 0.717) is 28.5 Å². The zero-order valence-corrected chi connectivity index (χ0v) is 14.9. The van der Waals surface area contributed by atoms with Crippen molar-refractivity contribution in [2.24, 2.45) is 17.3 Å². The Morgan fingerprint density at radius 1 is 1.16 bits per heavy atom. The number of fused-ring (bicyclic) bond motifs is 1. The van der Waals surface area contributed by atoms with Crippen LogP contribution in [0.15, 0.2) is 11.8 Å². The van der Waals surface area contributed by atoms with Gasteiger partial charge in [0.05, 0.1) is 6.10 Å². The molecule has 19 heavy (non-hydrogen) atoms. The molecule has 3 atom stereocenters. The van der Waals surface area contributed by atoms with Crippen molar-refractivity contribution >= 4 is 8.32 Å². The Morgan fingerprint density at radius 2 is 1.68 bits per heavy atom. The molecule has 0 bridgehead atoms. The zero-order chi connectivity index (χ0) is 14.6. The van der Waals surface area contributed by atoms with Gasteiger partial charge in [-0.15, -0.1) is 6.58 Å². The van der Waals surface area contributed by atoms with Crippen LogP contribution in [0.2, 0.25) is 11.1 Å². The van der Waals surface area contributed by atoms with Crippen molar-refractivity contribution in [3.05, 3.63) is 11.8 Å². The van der Waals surface area contributed by atoms with Crippen molar-refractivity contribution in [2.45, 2.75) is 78.5 Å². The lowest BCUT2D eigenvalue weighted by Gasteiger charge is -2.41. The minimum absolute atomic E-state index is 0.430. The molecule has 2 fully saturated rings. The van der Waals surface area contributed by atoms with Gasteiger partial charge in [0.1, 0.15) is 0 Å². The second kappa shape index (κ2) is 4.73. The third kappa shape index (κ3) is 2.25. The average molecular weight is 281 g/mol. The molecule has 2 rings (SSSR count). The van der Waals surface area contributed by atoms with Gasteiger partial charge < -0.3 is 4.43 Å². The van der Waals surface area contributed by atoms with E-state index in [-0.39, 0.29) is 0 Å². The third-order valence-electron chi connectivity index (χ3n) is 5.61. The van der Waals surface area contributed by atoms with Crippen LogP contribution in [0.3, 0.4) is 0 Å². The quantitative estimate of drug-likeness (QED) is 0.622. The van der Waals surface area contributed by atoms with Crippen LogP contribution in [0.4, 0.5) is 0 Å². The van der Waals surface area contributed by atoms with Crippen LogP contribution in [0.1, 0.15) is 61.3 Å². The molecule has 0 amide bonds. The summed E-state index contributed by atoms with van der Waals surface area (Å²) in [6.07, 6.45) is 2.98. The van der Waals surface area contributed by atoms with Crippen molar-refractivity contribution in [1.82, 2.24) is 0 Å². The molecule has 0 aromatic carbocycles. The van der Waals surface area contributed by atoms with Crippen molar-refractivity contribution in [2.75, 3.05) is 0 Å². The first-order chi connectivity index (χ1) is 8.62. The van der Waals surface area contributed by atoms with E-state index in [1.807, 2.05) is 0 Å². The lowest BCUT2D eigenvalue weighted by atomic mass is 9.66. The van der Waals surface area contributed by atoms with Gasteiger partial charge in [-0.2, -0.15) is 0 Å². The van der Waals surface area contributed by atoms with E-state index in [4.69, 9.17) is 4.43 Å². The fourth-order valence-electron chi connectivity index (χ4n) is 5.07. The van der Waals surface area contributed by atoms with E-state index in [2.05, 4.69) is 55.0 Å². The Bertz CT molecular complexity index is 361. The van der Waals surface area contributed by atoms with Gasteiger partial charge in [0.2, 0.25) is 8.32 Å². The molecule has 1 aliphatic heterocycles. The molecule has 110 valence electrons. The Balaban J connectivity index is 2.38. The molecule has 0 spiro atoms. The molecule has 1 aliphatic carbocycles. The Morgan fingerprint density at radius 3 is 2.16 bits per heavy atom. The van der Waals surface area contributed by atoms with Gasteiger partial charge in [-0.1, -0.05) is 53.7 Å². The highest BCUT2D eigenvalue weighted by molar-refractivity contribution is 6.84. The van der Waals surface area contributed by atoms with Crippen LogP contribution in [0, 0.1) is 17.3 Å². The van der Waals surface area contributed by atoms with E-state index in [1.165, 1.54) is 18.0 Å². The summed E-state index contributed by atoms with van der Waals surface area (Å²) in [5, 5.41) is 1.52. The van der Waals surface area contributed by atoms with Gasteiger partial charge in [0, 0.05) is 5.92 Å². The monoisotopic (exact) mass is 280 g/mol. The SMILES string of the molecule is C=C1[C@H]2[C@@H](C)CC(C)(C)C[C@H]2O[Si]1(C(C)C)C(C)C. The molecule has 0 radical (unpaired) electrons. The first kappa shape index (κ1) is 15.3. The number of hydrogen-bond acceptors (Lipinski definition) is 1. The van der Waals surface area contributed by atoms with Crippen molar-refractivity contribution < 1.29 is 4.43 Å². The van der Waals surface area contributed by atoms with Gasteiger partial charge >= 0.3 is 0 Å².